The first-order valence-electron chi connectivity index (χ1n) is 13.1. The van der Waals surface area contributed by atoms with Crippen LogP contribution in [0, 0.1) is 11.6 Å². The summed E-state index contributed by atoms with van der Waals surface area (Å²) in [6, 6.07) is 9.51. The smallest absolute Gasteiger partial charge is 0.266 e. The topological polar surface area (TPSA) is 116 Å². The molecule has 3 heterocycles. The predicted octanol–water partition coefficient (Wildman–Crippen LogP) is 4.21. The van der Waals surface area contributed by atoms with Gasteiger partial charge in [0.2, 0.25) is 11.7 Å². The van der Waals surface area contributed by atoms with Crippen LogP contribution in [0.3, 0.4) is 0 Å². The average Bonchev–Trinajstić information content (AvgIpc) is 3.41. The number of aryl methyl sites for hydroxylation is 1. The lowest BCUT2D eigenvalue weighted by molar-refractivity contribution is -0.121. The second kappa shape index (κ2) is 11.7. The predicted molar refractivity (Wildman–Crippen MR) is 144 cm³/mol. The fourth-order valence-corrected chi connectivity index (χ4v) is 4.55. The summed E-state index contributed by atoms with van der Waals surface area (Å²) in [5, 5.41) is 11.6. The molecule has 0 saturated heterocycles. The number of nitrogens with one attached hydrogen (secondary N) is 2. The molecule has 0 bridgehead atoms. The van der Waals surface area contributed by atoms with Crippen molar-refractivity contribution < 1.29 is 27.8 Å². The van der Waals surface area contributed by atoms with Gasteiger partial charge < -0.3 is 19.5 Å². The van der Waals surface area contributed by atoms with E-state index >= 15 is 0 Å². The number of hydrazone groups is 1. The number of benzene rings is 2. The van der Waals surface area contributed by atoms with Gasteiger partial charge in [-0.15, -0.1) is 0 Å². The number of halogens is 2. The Morgan fingerprint density at radius 2 is 1.82 bits per heavy atom. The van der Waals surface area contributed by atoms with Crippen LogP contribution in [-0.4, -0.2) is 41.3 Å². The molecule has 10 nitrogen and oxygen atoms in total. The van der Waals surface area contributed by atoms with Crippen molar-refractivity contribution in [1.82, 2.24) is 15.2 Å². The number of rotatable bonds is 10. The first-order valence-corrected chi connectivity index (χ1v) is 13.1. The van der Waals surface area contributed by atoms with Gasteiger partial charge in [-0.25, -0.2) is 14.5 Å². The monoisotopic (exact) mass is 553 g/mol. The Kier molecular flexibility index (Phi) is 7.94. The molecule has 0 aliphatic carbocycles. The molecular formula is C28H29F2N5O5. The Hall–Kier alpha value is -4.48. The molecule has 0 fully saturated rings. The van der Waals surface area contributed by atoms with Gasteiger partial charge in [0.25, 0.3) is 5.56 Å². The SMILES string of the molecule is CCC1Nc2c(OC)ccc(-c3ccc(=O)n(CCCCOc4ccc(C5=NNC(=O)CC5)c(F)c4F)n3)c2O1. The largest absolute Gasteiger partial charge is 0.494 e. The van der Waals surface area contributed by atoms with Crippen LogP contribution in [0.5, 0.6) is 17.2 Å². The minimum atomic E-state index is -1.11. The maximum absolute atomic E-state index is 14.6. The lowest BCUT2D eigenvalue weighted by atomic mass is 10.0. The van der Waals surface area contributed by atoms with E-state index in [9.17, 15) is 18.4 Å². The van der Waals surface area contributed by atoms with E-state index in [2.05, 4.69) is 20.9 Å². The van der Waals surface area contributed by atoms with E-state index in [1.54, 1.807) is 13.2 Å². The van der Waals surface area contributed by atoms with Crippen molar-refractivity contribution in [3.8, 4) is 28.5 Å². The Balaban J connectivity index is 1.21. The van der Waals surface area contributed by atoms with Crippen LogP contribution in [0.15, 0.2) is 46.3 Å². The van der Waals surface area contributed by atoms with Gasteiger partial charge in [-0.2, -0.15) is 14.6 Å². The number of carbonyl (C=O) groups is 1. The molecule has 1 amide bonds. The number of carbonyl (C=O) groups excluding carboxylic acids is 1. The normalized spacial score (nSPS) is 15.9. The average molecular weight is 554 g/mol. The number of methoxy groups -OCH3 is 1. The molecule has 2 N–H and O–H groups in total. The van der Waals surface area contributed by atoms with Gasteiger partial charge in [-0.3, -0.25) is 9.59 Å². The fraction of sp³-hybridized carbons (Fsp3) is 0.357. The third-order valence-electron chi connectivity index (χ3n) is 6.70. The van der Waals surface area contributed by atoms with Crippen LogP contribution in [0.4, 0.5) is 14.5 Å². The molecule has 0 radical (unpaired) electrons. The Bertz CT molecular complexity index is 1520. The number of unbranched alkanes of at least 4 members (excludes halogenated alkanes) is 1. The van der Waals surface area contributed by atoms with Crippen LogP contribution in [0.25, 0.3) is 11.3 Å². The molecule has 1 atom stereocenters. The number of anilines is 1. The molecule has 210 valence electrons. The van der Waals surface area contributed by atoms with Crippen LogP contribution < -0.4 is 30.5 Å². The van der Waals surface area contributed by atoms with Crippen molar-refractivity contribution in [2.24, 2.45) is 5.10 Å². The summed E-state index contributed by atoms with van der Waals surface area (Å²) < 4.78 is 47.5. The first-order chi connectivity index (χ1) is 19.4. The fourth-order valence-electron chi connectivity index (χ4n) is 4.55. The van der Waals surface area contributed by atoms with Crippen LogP contribution >= 0.6 is 0 Å². The van der Waals surface area contributed by atoms with Crippen molar-refractivity contribution >= 4 is 17.3 Å². The van der Waals surface area contributed by atoms with E-state index in [0.29, 0.717) is 36.6 Å². The highest BCUT2D eigenvalue weighted by atomic mass is 19.2. The summed E-state index contributed by atoms with van der Waals surface area (Å²) in [5.41, 5.74) is 4.34. The molecule has 12 heteroatoms. The molecule has 2 aromatic carbocycles. The van der Waals surface area contributed by atoms with Gasteiger partial charge >= 0.3 is 0 Å². The van der Waals surface area contributed by atoms with Crippen molar-refractivity contribution in [2.45, 2.75) is 51.8 Å². The summed E-state index contributed by atoms with van der Waals surface area (Å²) in [5.74, 6) is -1.39. The number of amides is 1. The maximum atomic E-state index is 14.6. The first kappa shape index (κ1) is 27.1. The third kappa shape index (κ3) is 5.47. The maximum Gasteiger partial charge on any atom is 0.266 e. The lowest BCUT2D eigenvalue weighted by Crippen LogP contribution is -2.26. The molecule has 2 aliphatic rings. The number of ether oxygens (including phenoxy) is 3. The van der Waals surface area contributed by atoms with E-state index < -0.39 is 11.6 Å². The van der Waals surface area contributed by atoms with Gasteiger partial charge in [0.05, 0.1) is 25.1 Å². The zero-order chi connectivity index (χ0) is 28.2. The van der Waals surface area contributed by atoms with Crippen molar-refractivity contribution in [1.29, 1.82) is 0 Å². The summed E-state index contributed by atoms with van der Waals surface area (Å²) in [7, 11) is 1.59. The highest BCUT2D eigenvalue weighted by Crippen LogP contribution is 2.46. The Morgan fingerprint density at radius 3 is 2.58 bits per heavy atom. The molecule has 1 aromatic heterocycles. The van der Waals surface area contributed by atoms with Gasteiger partial charge in [-0.05, 0) is 43.2 Å². The number of hydrogen-bond donors (Lipinski definition) is 2. The standard InChI is InChI=1S/C28H29F2N5O5/c1-3-23-31-27-21(38-2)11-7-17(28(27)40-23)19-9-13-24(37)35(34-19)14-4-5-15-39-20-10-6-16(25(29)26(20)30)18-8-12-22(36)33-32-18/h6-7,9-11,13,23,31H,3-5,8,12,14-15H2,1-2H3,(H,33,36). The molecule has 5 rings (SSSR count). The van der Waals surface area contributed by atoms with Crippen LogP contribution in [-0.2, 0) is 11.3 Å². The molecule has 2 aliphatic heterocycles. The number of hydrogen-bond acceptors (Lipinski definition) is 8. The third-order valence-corrected chi connectivity index (χ3v) is 6.70. The van der Waals surface area contributed by atoms with Gasteiger partial charge in [0.15, 0.2) is 23.5 Å². The van der Waals surface area contributed by atoms with Crippen LogP contribution in [0.2, 0.25) is 0 Å². The van der Waals surface area contributed by atoms with Crippen molar-refractivity contribution in [2.75, 3.05) is 19.0 Å². The second-order valence-electron chi connectivity index (χ2n) is 9.35. The van der Waals surface area contributed by atoms with Gasteiger partial charge in [-0.1, -0.05) is 6.92 Å². The van der Waals surface area contributed by atoms with E-state index in [-0.39, 0.29) is 54.2 Å². The molecule has 3 aromatic rings. The van der Waals surface area contributed by atoms with E-state index in [1.807, 2.05) is 19.1 Å². The summed E-state index contributed by atoms with van der Waals surface area (Å²) >= 11 is 0. The minimum Gasteiger partial charge on any atom is -0.494 e. The van der Waals surface area contributed by atoms with Crippen LogP contribution in [0.1, 0.15) is 44.6 Å². The summed E-state index contributed by atoms with van der Waals surface area (Å²) in [6.45, 7) is 2.43. The molecule has 1 unspecified atom stereocenters. The number of fused-ring (bicyclic) bond motifs is 1. The molecule has 40 heavy (non-hydrogen) atoms. The highest BCUT2D eigenvalue weighted by molar-refractivity contribution is 6.04. The number of nitrogens with zero attached hydrogens (tertiary/aromatic N) is 3. The minimum absolute atomic E-state index is 0.0101. The van der Waals surface area contributed by atoms with E-state index in [0.717, 1.165) is 17.7 Å². The zero-order valence-corrected chi connectivity index (χ0v) is 22.1. The van der Waals surface area contributed by atoms with Gasteiger partial charge in [0, 0.05) is 43.0 Å². The molecule has 0 saturated carbocycles. The molecular weight excluding hydrogens is 524 g/mol. The second-order valence-corrected chi connectivity index (χ2v) is 9.35. The van der Waals surface area contributed by atoms with Gasteiger partial charge in [0.1, 0.15) is 11.4 Å². The highest BCUT2D eigenvalue weighted by Gasteiger charge is 2.28. The Morgan fingerprint density at radius 1 is 1.02 bits per heavy atom. The lowest BCUT2D eigenvalue weighted by Gasteiger charge is -2.14. The summed E-state index contributed by atoms with van der Waals surface area (Å²) in [4.78, 5) is 23.7. The van der Waals surface area contributed by atoms with E-state index in [1.165, 1.54) is 22.9 Å². The number of aromatic nitrogens is 2. The quantitative estimate of drug-likeness (QED) is 0.362. The van der Waals surface area contributed by atoms with Crippen molar-refractivity contribution in [3.05, 3.63) is 63.9 Å². The van der Waals surface area contributed by atoms with Crippen molar-refractivity contribution in [3.63, 3.8) is 0 Å². The summed E-state index contributed by atoms with van der Waals surface area (Å²) in [6.07, 6.45) is 1.94. The van der Waals surface area contributed by atoms with E-state index in [4.69, 9.17) is 14.2 Å². The molecule has 0 spiro atoms. The zero-order valence-electron chi connectivity index (χ0n) is 22.1. The Labute approximate surface area is 228 Å².